The van der Waals surface area contributed by atoms with Crippen LogP contribution in [0.15, 0.2) is 22.7 Å². The summed E-state index contributed by atoms with van der Waals surface area (Å²) in [6, 6.07) is 4.41. The van der Waals surface area contributed by atoms with Gasteiger partial charge in [0.15, 0.2) is 0 Å². The van der Waals surface area contributed by atoms with Gasteiger partial charge < -0.3 is 15.8 Å². The minimum absolute atomic E-state index is 0.0926. The minimum Gasteiger partial charge on any atom is -0.364 e. The highest BCUT2D eigenvalue weighted by Crippen LogP contribution is 2.28. The maximum Gasteiger partial charge on any atom is 0.285 e. The Hall–Kier alpha value is -1.51. The third-order valence-electron chi connectivity index (χ3n) is 3.07. The lowest BCUT2D eigenvalue weighted by Gasteiger charge is -2.12. The van der Waals surface area contributed by atoms with Crippen molar-refractivity contribution in [3.05, 3.63) is 32.8 Å². The molecule has 1 aromatic carbocycles. The smallest absolute Gasteiger partial charge is 0.285 e. The number of rotatable bonds is 4. The molecule has 2 atom stereocenters. The van der Waals surface area contributed by atoms with Gasteiger partial charge in [0.25, 0.3) is 11.6 Å². The molecule has 0 bridgehead atoms. The van der Waals surface area contributed by atoms with Crippen molar-refractivity contribution in [3.63, 3.8) is 0 Å². The molecule has 2 rings (SSSR count). The summed E-state index contributed by atoms with van der Waals surface area (Å²) >= 11 is 3.09. The van der Waals surface area contributed by atoms with Crippen LogP contribution in [0.3, 0.4) is 0 Å². The van der Waals surface area contributed by atoms with E-state index in [9.17, 15) is 14.9 Å². The van der Waals surface area contributed by atoms with Crippen molar-refractivity contribution in [3.8, 4) is 0 Å². The zero-order valence-corrected chi connectivity index (χ0v) is 12.1. The molecule has 2 unspecified atom stereocenters. The fourth-order valence-electron chi connectivity index (χ4n) is 2.03. The normalized spacial score (nSPS) is 21.7. The van der Waals surface area contributed by atoms with Gasteiger partial charge >= 0.3 is 0 Å². The number of hydrogen-bond acceptors (Lipinski definition) is 5. The highest BCUT2D eigenvalue weighted by molar-refractivity contribution is 9.10. The first kappa shape index (κ1) is 14.9. The van der Waals surface area contributed by atoms with Gasteiger partial charge in [0, 0.05) is 18.3 Å². The molecule has 1 heterocycles. The molecular weight excluding hydrogens is 330 g/mol. The zero-order valence-electron chi connectivity index (χ0n) is 10.5. The number of anilines is 1. The first-order valence-electron chi connectivity index (χ1n) is 6.11. The van der Waals surface area contributed by atoms with Crippen molar-refractivity contribution >= 4 is 33.2 Å². The van der Waals surface area contributed by atoms with Crippen LogP contribution < -0.4 is 11.1 Å². The van der Waals surface area contributed by atoms with Gasteiger partial charge in [-0.15, -0.1) is 0 Å². The summed E-state index contributed by atoms with van der Waals surface area (Å²) in [5.74, 6) is -0.308. The molecule has 0 aliphatic carbocycles. The zero-order chi connectivity index (χ0) is 14.7. The first-order valence-corrected chi connectivity index (χ1v) is 6.91. The van der Waals surface area contributed by atoms with Crippen LogP contribution in [-0.2, 0) is 9.53 Å². The van der Waals surface area contributed by atoms with Crippen LogP contribution in [0, 0.1) is 10.1 Å². The average Bonchev–Trinajstić information content (AvgIpc) is 2.89. The Labute approximate surface area is 123 Å². The molecule has 1 saturated heterocycles. The monoisotopic (exact) mass is 343 g/mol. The molecule has 8 heteroatoms. The first-order chi connectivity index (χ1) is 9.51. The van der Waals surface area contributed by atoms with Gasteiger partial charge in [-0.3, -0.25) is 14.9 Å². The molecular formula is C12H14BrN3O4. The van der Waals surface area contributed by atoms with Crippen molar-refractivity contribution in [1.29, 1.82) is 0 Å². The van der Waals surface area contributed by atoms with E-state index < -0.39 is 11.0 Å². The van der Waals surface area contributed by atoms with Gasteiger partial charge in [-0.2, -0.15) is 0 Å². The van der Waals surface area contributed by atoms with Crippen molar-refractivity contribution in [1.82, 2.24) is 0 Å². The van der Waals surface area contributed by atoms with E-state index in [2.05, 4.69) is 21.2 Å². The molecule has 0 radical (unpaired) electrons. The Balaban J connectivity index is 2.05. The van der Waals surface area contributed by atoms with Gasteiger partial charge in [-0.1, -0.05) is 0 Å². The number of carbonyl (C=O) groups is 1. The number of nitro benzene ring substituents is 1. The molecule has 1 amide bonds. The van der Waals surface area contributed by atoms with E-state index in [0.29, 0.717) is 23.1 Å². The molecule has 1 aromatic rings. The number of nitro groups is 1. The van der Waals surface area contributed by atoms with E-state index in [0.717, 1.165) is 6.42 Å². The summed E-state index contributed by atoms with van der Waals surface area (Å²) in [7, 11) is 0. The lowest BCUT2D eigenvalue weighted by molar-refractivity contribution is -0.385. The summed E-state index contributed by atoms with van der Waals surface area (Å²) in [5.41, 5.74) is 5.75. The molecule has 0 saturated carbocycles. The second-order valence-electron chi connectivity index (χ2n) is 4.47. The third kappa shape index (κ3) is 3.33. The average molecular weight is 344 g/mol. The van der Waals surface area contributed by atoms with Gasteiger partial charge in [-0.25, -0.2) is 0 Å². The molecule has 1 aliphatic rings. The summed E-state index contributed by atoms with van der Waals surface area (Å²) in [6.45, 7) is 0.382. The molecule has 7 nitrogen and oxygen atoms in total. The number of nitrogens with zero attached hydrogens (tertiary/aromatic N) is 1. The van der Waals surface area contributed by atoms with E-state index in [1.807, 2.05) is 0 Å². The lowest BCUT2D eigenvalue weighted by atomic mass is 10.2. The summed E-state index contributed by atoms with van der Waals surface area (Å²) < 4.78 is 5.83. The van der Waals surface area contributed by atoms with E-state index >= 15 is 0 Å². The second-order valence-corrected chi connectivity index (χ2v) is 5.33. The second kappa shape index (κ2) is 6.29. The number of amides is 1. The van der Waals surface area contributed by atoms with Crippen LogP contribution in [0.5, 0.6) is 0 Å². The number of nitrogens with two attached hydrogens (primary N) is 1. The Bertz CT molecular complexity index is 537. The van der Waals surface area contributed by atoms with E-state index in [-0.39, 0.29) is 17.7 Å². The third-order valence-corrected chi connectivity index (χ3v) is 3.74. The Morgan fingerprint density at radius 3 is 2.90 bits per heavy atom. The van der Waals surface area contributed by atoms with E-state index in [1.165, 1.54) is 12.1 Å². The maximum atomic E-state index is 12.0. The van der Waals surface area contributed by atoms with Crippen LogP contribution in [0.25, 0.3) is 0 Å². The number of benzene rings is 1. The number of halogens is 1. The molecule has 3 N–H and O–H groups in total. The van der Waals surface area contributed by atoms with Gasteiger partial charge in [0.05, 0.1) is 15.5 Å². The van der Waals surface area contributed by atoms with Crippen LogP contribution in [0.2, 0.25) is 0 Å². The fourth-order valence-corrected chi connectivity index (χ4v) is 2.42. The molecule has 1 fully saturated rings. The van der Waals surface area contributed by atoms with Crippen molar-refractivity contribution in [2.45, 2.75) is 25.0 Å². The highest BCUT2D eigenvalue weighted by Gasteiger charge is 2.30. The van der Waals surface area contributed by atoms with E-state index in [4.69, 9.17) is 10.5 Å². The standard InChI is InChI=1S/C12H14BrN3O4/c13-9-3-1-7(5-10(9)16(18)19)15-12(17)11-4-2-8(6-14)20-11/h1,3,5,8,11H,2,4,6,14H2,(H,15,17). The van der Waals surface area contributed by atoms with Crippen LogP contribution in [0.4, 0.5) is 11.4 Å². The van der Waals surface area contributed by atoms with Gasteiger partial charge in [0.1, 0.15) is 6.10 Å². The topological polar surface area (TPSA) is 107 Å². The number of carbonyl (C=O) groups excluding carboxylic acids is 1. The Kier molecular flexibility index (Phi) is 4.69. The summed E-state index contributed by atoms with van der Waals surface area (Å²) in [5, 5.41) is 13.4. The fraction of sp³-hybridized carbons (Fsp3) is 0.417. The molecule has 1 aliphatic heterocycles. The molecule has 0 spiro atoms. The molecule has 20 heavy (non-hydrogen) atoms. The highest BCUT2D eigenvalue weighted by atomic mass is 79.9. The van der Waals surface area contributed by atoms with Crippen LogP contribution in [-0.4, -0.2) is 29.6 Å². The van der Waals surface area contributed by atoms with Gasteiger partial charge in [0.2, 0.25) is 0 Å². The van der Waals surface area contributed by atoms with Crippen molar-refractivity contribution < 1.29 is 14.5 Å². The minimum atomic E-state index is -0.550. The number of hydrogen-bond donors (Lipinski definition) is 2. The summed E-state index contributed by atoms with van der Waals surface area (Å²) in [6.07, 6.45) is 0.706. The number of nitrogens with one attached hydrogen (secondary N) is 1. The van der Waals surface area contributed by atoms with Crippen molar-refractivity contribution in [2.24, 2.45) is 5.73 Å². The number of ether oxygens (including phenoxy) is 1. The molecule has 108 valence electrons. The Morgan fingerprint density at radius 1 is 1.55 bits per heavy atom. The van der Waals surface area contributed by atoms with E-state index in [1.54, 1.807) is 6.07 Å². The van der Waals surface area contributed by atoms with Crippen LogP contribution in [0.1, 0.15) is 12.8 Å². The summed E-state index contributed by atoms with van der Waals surface area (Å²) in [4.78, 5) is 22.3. The largest absolute Gasteiger partial charge is 0.364 e. The quantitative estimate of drug-likeness (QED) is 0.640. The predicted octanol–water partition coefficient (Wildman–Crippen LogP) is 1.80. The lowest BCUT2D eigenvalue weighted by Crippen LogP contribution is -2.29. The van der Waals surface area contributed by atoms with Crippen molar-refractivity contribution in [2.75, 3.05) is 11.9 Å². The van der Waals surface area contributed by atoms with Crippen LogP contribution >= 0.6 is 15.9 Å². The molecule has 0 aromatic heterocycles. The SMILES string of the molecule is NCC1CCC(C(=O)Nc2ccc(Br)c([N+](=O)[O-])c2)O1. The maximum absolute atomic E-state index is 12.0. The Morgan fingerprint density at radius 2 is 2.30 bits per heavy atom. The predicted molar refractivity (Wildman–Crippen MR) is 76.4 cm³/mol. The van der Waals surface area contributed by atoms with Gasteiger partial charge in [-0.05, 0) is 40.9 Å².